The lowest BCUT2D eigenvalue weighted by atomic mass is 9.76. The number of nitrogens with zero attached hydrogens (tertiary/aromatic N) is 3. The summed E-state index contributed by atoms with van der Waals surface area (Å²) in [5, 5.41) is 14.2. The van der Waals surface area contributed by atoms with E-state index in [1.54, 1.807) is 93.6 Å². The van der Waals surface area contributed by atoms with Gasteiger partial charge in [0.1, 0.15) is 35.4 Å². The predicted octanol–water partition coefficient (Wildman–Crippen LogP) is 7.82. The van der Waals surface area contributed by atoms with Gasteiger partial charge < -0.3 is 41.0 Å². The Kier molecular flexibility index (Phi) is 28.8. The quantitative estimate of drug-likeness (QED) is 0.0197. The first kappa shape index (κ1) is 78.0. The van der Waals surface area contributed by atoms with Crippen molar-refractivity contribution in [3.8, 4) is 0 Å². The molecule has 3 aromatic carbocycles. The molecule has 0 fully saturated rings. The van der Waals surface area contributed by atoms with E-state index in [0.717, 1.165) is 16.0 Å². The summed E-state index contributed by atoms with van der Waals surface area (Å²) >= 11 is 0. The highest BCUT2D eigenvalue weighted by Crippen LogP contribution is 2.33. The topological polar surface area (TPSA) is 305 Å². The zero-order valence-electron chi connectivity index (χ0n) is 57.7. The predicted molar refractivity (Wildman–Crippen MR) is 359 cm³/mol. The molecular formula is C70H101N9O14S. The van der Waals surface area contributed by atoms with E-state index in [1.807, 2.05) is 76.2 Å². The van der Waals surface area contributed by atoms with E-state index in [9.17, 15) is 56.4 Å². The Morgan fingerprint density at radius 3 is 1.76 bits per heavy atom. The number of likely N-dealkylation sites (N-methyl/N-ethyl adjacent to an activating group) is 2. The Bertz CT molecular complexity index is 3280. The monoisotopic (exact) mass is 1320 g/mol. The lowest BCUT2D eigenvalue weighted by Crippen LogP contribution is -2.63. The number of alkyl carbamates (subject to hydrolysis) is 1. The Labute approximate surface area is 555 Å². The van der Waals surface area contributed by atoms with E-state index in [-0.39, 0.29) is 62.2 Å². The number of hydrogen-bond acceptors (Lipinski definition) is 14. The van der Waals surface area contributed by atoms with Crippen LogP contribution in [0.1, 0.15) is 164 Å². The number of carbonyl (C=O) groups excluding carboxylic acids is 10. The molecule has 94 heavy (non-hydrogen) atoms. The van der Waals surface area contributed by atoms with Crippen LogP contribution < -0.4 is 31.3 Å². The summed E-state index contributed by atoms with van der Waals surface area (Å²) in [4.78, 5) is 138. The van der Waals surface area contributed by atoms with Gasteiger partial charge >= 0.3 is 12.2 Å². The van der Waals surface area contributed by atoms with Gasteiger partial charge in [-0.05, 0) is 114 Å². The van der Waals surface area contributed by atoms with Crippen LogP contribution in [0.5, 0.6) is 0 Å². The zero-order valence-corrected chi connectivity index (χ0v) is 58.5. The second-order valence-corrected chi connectivity index (χ2v) is 29.6. The molecule has 4 rings (SSSR count). The van der Waals surface area contributed by atoms with Crippen molar-refractivity contribution in [2.75, 3.05) is 27.2 Å². The average molecular weight is 1320 g/mol. The molecule has 516 valence electrons. The molecule has 1 aliphatic heterocycles. The number of carbonyl (C=O) groups is 10. The molecule has 23 nitrogen and oxygen atoms in total. The van der Waals surface area contributed by atoms with Crippen molar-refractivity contribution in [2.45, 2.75) is 207 Å². The third-order valence-electron chi connectivity index (χ3n) is 15.6. The minimum atomic E-state index is -4.31. The van der Waals surface area contributed by atoms with Crippen molar-refractivity contribution < 1.29 is 65.8 Å². The van der Waals surface area contributed by atoms with Crippen molar-refractivity contribution in [3.05, 3.63) is 131 Å². The normalized spacial score (nSPS) is 14.6. The summed E-state index contributed by atoms with van der Waals surface area (Å²) in [7, 11) is -1.28. The van der Waals surface area contributed by atoms with E-state index < -0.39 is 116 Å². The summed E-state index contributed by atoms with van der Waals surface area (Å²) in [6, 6.07) is 19.3. The van der Waals surface area contributed by atoms with Crippen LogP contribution in [0.25, 0.3) is 0 Å². The Balaban J connectivity index is 1.45. The standard InChI is InChI=1S/C70H101N9O14S/c1-46(2)54(77(15)64(87)58(67(4,5)6)75-63(86)59(78(16)66(89)93-69(10,11)12)70(13,14)51-30-22-18-23-31-51)42-47(3)60(83)76-94(90,91)45-50-36-34-49(35-37-50)44-72-61(84)52(32-25-26-40-71-65(88)92-68(7,8)9)74-62(85)53(43-48-28-20-17-21-29-48)73-55(80)33-24-19-27-41-79-56(81)38-39-57(79)82/h17-18,20-23,28-31,34-39,42,46,52-54,58-59H,19,24-27,32-33,40-41,43-45H2,1-16H3,(H,71,88)(H,72,84)(H,73,80)(H,74,85)(H,75,86)(H,76,83)/b47-42+/t52-,53-,54+,58+,59+/m0/s1. The maximum absolute atomic E-state index is 14.7. The van der Waals surface area contributed by atoms with E-state index in [4.69, 9.17) is 9.47 Å². The molecule has 0 aromatic heterocycles. The fourth-order valence-electron chi connectivity index (χ4n) is 10.5. The van der Waals surface area contributed by atoms with Crippen LogP contribution in [-0.4, -0.2) is 151 Å². The van der Waals surface area contributed by atoms with Crippen molar-refractivity contribution in [1.29, 1.82) is 0 Å². The second kappa shape index (κ2) is 34.7. The van der Waals surface area contributed by atoms with Gasteiger partial charge in [0.15, 0.2) is 0 Å². The molecule has 0 saturated heterocycles. The van der Waals surface area contributed by atoms with Crippen molar-refractivity contribution >= 4 is 69.5 Å². The van der Waals surface area contributed by atoms with E-state index in [2.05, 4.69) is 31.3 Å². The van der Waals surface area contributed by atoms with Crippen LogP contribution in [0.15, 0.2) is 109 Å². The molecule has 0 spiro atoms. The summed E-state index contributed by atoms with van der Waals surface area (Å²) in [5.41, 5.74) is -1.03. The molecule has 6 N–H and O–H groups in total. The van der Waals surface area contributed by atoms with Gasteiger partial charge in [0, 0.05) is 69.7 Å². The van der Waals surface area contributed by atoms with Crippen LogP contribution >= 0.6 is 0 Å². The van der Waals surface area contributed by atoms with Gasteiger partial charge in [-0.25, -0.2) is 22.7 Å². The molecule has 10 amide bonds. The molecule has 0 radical (unpaired) electrons. The molecule has 1 heterocycles. The number of hydrogen-bond donors (Lipinski definition) is 6. The highest BCUT2D eigenvalue weighted by molar-refractivity contribution is 7.89. The number of amides is 10. The lowest BCUT2D eigenvalue weighted by molar-refractivity contribution is -0.142. The minimum Gasteiger partial charge on any atom is -0.444 e. The van der Waals surface area contributed by atoms with Crippen LogP contribution in [-0.2, 0) is 82.0 Å². The molecular weight excluding hydrogens is 1220 g/mol. The molecule has 1 aliphatic rings. The average Bonchev–Trinajstić information content (AvgIpc) is 0.878. The summed E-state index contributed by atoms with van der Waals surface area (Å²) in [6.45, 7) is 25.0. The lowest BCUT2D eigenvalue weighted by Gasteiger charge is -2.42. The fourth-order valence-corrected chi connectivity index (χ4v) is 11.7. The molecule has 0 aliphatic carbocycles. The van der Waals surface area contributed by atoms with Crippen molar-refractivity contribution in [1.82, 2.24) is 46.0 Å². The highest BCUT2D eigenvalue weighted by Gasteiger charge is 2.46. The third kappa shape index (κ3) is 25.5. The number of rotatable bonds is 32. The number of imide groups is 1. The zero-order chi connectivity index (χ0) is 70.5. The van der Waals surface area contributed by atoms with E-state index in [1.165, 1.54) is 54.1 Å². The molecule has 3 aromatic rings. The summed E-state index contributed by atoms with van der Waals surface area (Å²) in [5.74, 6) is -5.24. The summed E-state index contributed by atoms with van der Waals surface area (Å²) < 4.78 is 40.4. The largest absolute Gasteiger partial charge is 0.444 e. The first-order valence-electron chi connectivity index (χ1n) is 32.0. The number of ether oxygens (including phenoxy) is 2. The van der Waals surface area contributed by atoms with Crippen LogP contribution in [0, 0.1) is 11.3 Å². The van der Waals surface area contributed by atoms with Gasteiger partial charge in [0.2, 0.25) is 39.6 Å². The molecule has 0 bridgehead atoms. The number of unbranched alkanes of at least 4 members (excludes halogenated alkanes) is 3. The van der Waals surface area contributed by atoms with Crippen LogP contribution in [0.3, 0.4) is 0 Å². The van der Waals surface area contributed by atoms with Crippen molar-refractivity contribution in [2.24, 2.45) is 11.3 Å². The number of sulfonamides is 1. The smallest absolute Gasteiger partial charge is 0.410 e. The minimum absolute atomic E-state index is 0.00569. The maximum atomic E-state index is 14.7. The molecule has 0 unspecified atom stereocenters. The second-order valence-electron chi connectivity index (χ2n) is 27.9. The Hall–Kier alpha value is -8.41. The van der Waals surface area contributed by atoms with Gasteiger partial charge in [-0.15, -0.1) is 0 Å². The van der Waals surface area contributed by atoms with E-state index >= 15 is 0 Å². The SMILES string of the molecule is C/C(=C\[C@H](C(C)C)N(C)C(=O)[C@@H](NC(=O)[C@@H](N(C)C(=O)OC(C)(C)C)C(C)(C)c1ccccc1)C(C)(C)C)C(=O)NS(=O)(=O)Cc1ccc(CNC(=O)[C@H](CCCCNC(=O)OC(C)(C)C)NC(=O)[C@H](Cc2ccccc2)NC(=O)CCCCCN2C(=O)C=CC2=O)cc1. The fraction of sp³-hybridized carbons (Fsp3) is 0.543. The van der Waals surface area contributed by atoms with Gasteiger partial charge in [-0.1, -0.05) is 146 Å². The molecule has 5 atom stereocenters. The number of nitrogens with one attached hydrogen (secondary N) is 6. The van der Waals surface area contributed by atoms with Crippen LogP contribution in [0.2, 0.25) is 0 Å². The van der Waals surface area contributed by atoms with Gasteiger partial charge in [0.05, 0.1) is 11.8 Å². The Morgan fingerprint density at radius 1 is 0.617 bits per heavy atom. The molecule has 24 heteroatoms. The van der Waals surface area contributed by atoms with E-state index in [0.29, 0.717) is 43.2 Å². The van der Waals surface area contributed by atoms with Gasteiger partial charge in [-0.2, -0.15) is 0 Å². The maximum Gasteiger partial charge on any atom is 0.410 e. The third-order valence-corrected chi connectivity index (χ3v) is 16.8. The first-order chi connectivity index (χ1) is 43.7. The van der Waals surface area contributed by atoms with Crippen LogP contribution in [0.4, 0.5) is 9.59 Å². The molecule has 0 saturated carbocycles. The van der Waals surface area contributed by atoms with Crippen molar-refractivity contribution in [3.63, 3.8) is 0 Å². The highest BCUT2D eigenvalue weighted by atomic mass is 32.2. The summed E-state index contributed by atoms with van der Waals surface area (Å²) in [6.07, 6.45) is 5.18. The van der Waals surface area contributed by atoms with Gasteiger partial charge in [-0.3, -0.25) is 48.2 Å². The first-order valence-corrected chi connectivity index (χ1v) is 33.7. The van der Waals surface area contributed by atoms with Gasteiger partial charge in [0.25, 0.3) is 17.7 Å². The Morgan fingerprint density at radius 2 is 1.19 bits per heavy atom. The number of benzene rings is 3.